The van der Waals surface area contributed by atoms with E-state index in [2.05, 4.69) is 46.7 Å². The van der Waals surface area contributed by atoms with Gasteiger partial charge in [0, 0.05) is 37.6 Å². The lowest BCUT2D eigenvalue weighted by atomic mass is 9.96. The van der Waals surface area contributed by atoms with Crippen molar-refractivity contribution in [1.82, 2.24) is 15.0 Å². The zero-order valence-electron chi connectivity index (χ0n) is 12.0. The Hall–Kier alpha value is -1.97. The highest BCUT2D eigenvalue weighted by atomic mass is 15.2. The van der Waals surface area contributed by atoms with Gasteiger partial charge < -0.3 is 4.90 Å². The van der Waals surface area contributed by atoms with E-state index in [0.717, 1.165) is 18.2 Å². The summed E-state index contributed by atoms with van der Waals surface area (Å²) < 4.78 is 0. The summed E-state index contributed by atoms with van der Waals surface area (Å²) in [6.45, 7) is 7.14. The smallest absolute Gasteiger partial charge is 0.135 e. The van der Waals surface area contributed by atoms with Gasteiger partial charge in [-0.1, -0.05) is 26.8 Å². The van der Waals surface area contributed by atoms with Crippen LogP contribution in [0.15, 0.2) is 36.8 Å². The number of pyridine rings is 1. The minimum atomic E-state index is -0.0366. The van der Waals surface area contributed by atoms with Gasteiger partial charge in [-0.05, 0) is 17.7 Å². The molecule has 2 aromatic rings. The molecule has 0 aromatic carbocycles. The molecule has 0 bridgehead atoms. The highest BCUT2D eigenvalue weighted by molar-refractivity contribution is 5.38. The largest absolute Gasteiger partial charge is 0.355 e. The quantitative estimate of drug-likeness (QED) is 0.847. The molecule has 2 aromatic heterocycles. The number of rotatable bonds is 3. The van der Waals surface area contributed by atoms with Crippen molar-refractivity contribution in [2.45, 2.75) is 32.7 Å². The first-order valence-electron chi connectivity index (χ1n) is 6.40. The normalized spacial score (nSPS) is 11.4. The Balaban J connectivity index is 2.18. The Morgan fingerprint density at radius 3 is 2.58 bits per heavy atom. The van der Waals surface area contributed by atoms with E-state index < -0.39 is 0 Å². The van der Waals surface area contributed by atoms with Gasteiger partial charge in [0.15, 0.2) is 0 Å². The third-order valence-corrected chi connectivity index (χ3v) is 2.85. The molecule has 4 heteroatoms. The van der Waals surface area contributed by atoms with Crippen molar-refractivity contribution < 1.29 is 0 Å². The van der Waals surface area contributed by atoms with E-state index in [1.165, 1.54) is 5.56 Å². The van der Waals surface area contributed by atoms with Crippen LogP contribution in [-0.2, 0) is 12.0 Å². The maximum atomic E-state index is 4.63. The Kier molecular flexibility index (Phi) is 3.79. The Bertz CT molecular complexity index is 531. The molecule has 4 nitrogen and oxygen atoms in total. The second-order valence-corrected chi connectivity index (χ2v) is 5.71. The van der Waals surface area contributed by atoms with Crippen molar-refractivity contribution in [1.29, 1.82) is 0 Å². The van der Waals surface area contributed by atoms with Gasteiger partial charge >= 0.3 is 0 Å². The third kappa shape index (κ3) is 3.50. The molecule has 0 fully saturated rings. The summed E-state index contributed by atoms with van der Waals surface area (Å²) in [5, 5.41) is 0. The number of anilines is 1. The number of hydrogen-bond acceptors (Lipinski definition) is 4. The minimum Gasteiger partial charge on any atom is -0.355 e. The lowest BCUT2D eigenvalue weighted by Crippen LogP contribution is -2.21. The lowest BCUT2D eigenvalue weighted by molar-refractivity contribution is 0.544. The lowest BCUT2D eigenvalue weighted by Gasteiger charge is -2.21. The molecule has 0 aliphatic rings. The molecule has 0 aliphatic carbocycles. The van der Waals surface area contributed by atoms with E-state index in [-0.39, 0.29) is 5.41 Å². The van der Waals surface area contributed by atoms with Crippen LogP contribution in [0.4, 0.5) is 5.82 Å². The van der Waals surface area contributed by atoms with E-state index in [1.54, 1.807) is 6.20 Å². The molecule has 0 amide bonds. The molecule has 0 spiro atoms. The van der Waals surface area contributed by atoms with Crippen LogP contribution < -0.4 is 4.90 Å². The average Bonchev–Trinajstić information content (AvgIpc) is 2.39. The topological polar surface area (TPSA) is 41.9 Å². The molecule has 0 saturated heterocycles. The summed E-state index contributed by atoms with van der Waals surface area (Å²) in [6, 6.07) is 5.95. The molecule has 0 unspecified atom stereocenters. The van der Waals surface area contributed by atoms with Crippen LogP contribution >= 0.6 is 0 Å². The maximum Gasteiger partial charge on any atom is 0.135 e. The zero-order chi connectivity index (χ0) is 13.9. The van der Waals surface area contributed by atoms with Crippen LogP contribution in [0.25, 0.3) is 0 Å². The van der Waals surface area contributed by atoms with Crippen molar-refractivity contribution >= 4 is 5.82 Å². The van der Waals surface area contributed by atoms with Crippen molar-refractivity contribution in [2.75, 3.05) is 11.9 Å². The van der Waals surface area contributed by atoms with Crippen molar-refractivity contribution in [2.24, 2.45) is 0 Å². The van der Waals surface area contributed by atoms with Gasteiger partial charge in [0.2, 0.25) is 0 Å². The van der Waals surface area contributed by atoms with E-state index in [9.17, 15) is 0 Å². The predicted molar refractivity (Wildman–Crippen MR) is 77.1 cm³/mol. The summed E-state index contributed by atoms with van der Waals surface area (Å²) in [7, 11) is 2.03. The summed E-state index contributed by atoms with van der Waals surface area (Å²) in [5.41, 5.74) is 1.13. The molecule has 0 N–H and O–H groups in total. The third-order valence-electron chi connectivity index (χ3n) is 2.85. The van der Waals surface area contributed by atoms with Crippen molar-refractivity contribution in [3.05, 3.63) is 48.2 Å². The molecule has 0 radical (unpaired) electrons. The molecule has 0 aliphatic heterocycles. The van der Waals surface area contributed by atoms with Crippen LogP contribution in [0.2, 0.25) is 0 Å². The SMILES string of the molecule is CN(Cc1cccnc1)c1ccnc(C(C)(C)C)n1. The van der Waals surface area contributed by atoms with Gasteiger partial charge in [-0.2, -0.15) is 0 Å². The molecule has 2 rings (SSSR count). The van der Waals surface area contributed by atoms with E-state index in [0.29, 0.717) is 0 Å². The fraction of sp³-hybridized carbons (Fsp3) is 0.400. The number of hydrogen-bond donors (Lipinski definition) is 0. The van der Waals surface area contributed by atoms with Crippen molar-refractivity contribution in [3.63, 3.8) is 0 Å². The summed E-state index contributed by atoms with van der Waals surface area (Å²) in [5.74, 6) is 1.80. The van der Waals surface area contributed by atoms with Crippen LogP contribution in [0, 0.1) is 0 Å². The standard InChI is InChI=1S/C15H20N4/c1-15(2,3)14-17-9-7-13(18-14)19(4)11-12-6-5-8-16-10-12/h5-10H,11H2,1-4H3. The van der Waals surface area contributed by atoms with Crippen molar-refractivity contribution in [3.8, 4) is 0 Å². The molecule has 0 atom stereocenters. The first-order chi connectivity index (χ1) is 8.97. The number of aromatic nitrogens is 3. The Labute approximate surface area is 114 Å². The Morgan fingerprint density at radius 1 is 1.16 bits per heavy atom. The highest BCUT2D eigenvalue weighted by Gasteiger charge is 2.18. The van der Waals surface area contributed by atoms with Crippen LogP contribution in [-0.4, -0.2) is 22.0 Å². The van der Waals surface area contributed by atoms with Crippen LogP contribution in [0.5, 0.6) is 0 Å². The fourth-order valence-corrected chi connectivity index (χ4v) is 1.77. The fourth-order valence-electron chi connectivity index (χ4n) is 1.77. The second kappa shape index (κ2) is 5.34. The molecule has 19 heavy (non-hydrogen) atoms. The first-order valence-corrected chi connectivity index (χ1v) is 6.40. The van der Waals surface area contributed by atoms with E-state index in [1.807, 2.05) is 31.6 Å². The Morgan fingerprint density at radius 2 is 1.95 bits per heavy atom. The monoisotopic (exact) mass is 256 g/mol. The van der Waals surface area contributed by atoms with Gasteiger partial charge in [-0.15, -0.1) is 0 Å². The zero-order valence-corrected chi connectivity index (χ0v) is 12.0. The summed E-state index contributed by atoms with van der Waals surface area (Å²) >= 11 is 0. The molecule has 0 saturated carbocycles. The van der Waals surface area contributed by atoms with Gasteiger partial charge in [0.1, 0.15) is 11.6 Å². The first kappa shape index (κ1) is 13.5. The molecule has 100 valence electrons. The minimum absolute atomic E-state index is 0.0366. The summed E-state index contributed by atoms with van der Waals surface area (Å²) in [4.78, 5) is 15.2. The van der Waals surface area contributed by atoms with Gasteiger partial charge in [-0.3, -0.25) is 4.98 Å². The predicted octanol–water partition coefficient (Wildman–Crippen LogP) is 2.81. The van der Waals surface area contributed by atoms with E-state index in [4.69, 9.17) is 0 Å². The molecular weight excluding hydrogens is 236 g/mol. The number of nitrogens with zero attached hydrogens (tertiary/aromatic N) is 4. The van der Waals surface area contributed by atoms with Gasteiger partial charge in [-0.25, -0.2) is 9.97 Å². The van der Waals surface area contributed by atoms with E-state index >= 15 is 0 Å². The highest BCUT2D eigenvalue weighted by Crippen LogP contribution is 2.20. The summed E-state index contributed by atoms with van der Waals surface area (Å²) in [6.07, 6.45) is 5.48. The molecule has 2 heterocycles. The molecular formula is C15H20N4. The average molecular weight is 256 g/mol. The van der Waals surface area contributed by atoms with Gasteiger partial charge in [0.05, 0.1) is 0 Å². The maximum absolute atomic E-state index is 4.63. The van der Waals surface area contributed by atoms with Crippen LogP contribution in [0.3, 0.4) is 0 Å². The van der Waals surface area contributed by atoms with Crippen LogP contribution in [0.1, 0.15) is 32.2 Å². The second-order valence-electron chi connectivity index (χ2n) is 5.71. The van der Waals surface area contributed by atoms with Gasteiger partial charge in [0.25, 0.3) is 0 Å².